The summed E-state index contributed by atoms with van der Waals surface area (Å²) in [6.45, 7) is 5.96. The van der Waals surface area contributed by atoms with Gasteiger partial charge in [-0.05, 0) is 62.2 Å². The lowest BCUT2D eigenvalue weighted by molar-refractivity contribution is -0.106. The van der Waals surface area contributed by atoms with Gasteiger partial charge in [0.15, 0.2) is 5.82 Å². The van der Waals surface area contributed by atoms with E-state index in [1.165, 1.54) is 6.07 Å². The molecule has 1 aliphatic carbocycles. The fourth-order valence-corrected chi connectivity index (χ4v) is 5.51. The molecule has 1 saturated carbocycles. The highest BCUT2D eigenvalue weighted by molar-refractivity contribution is 8.00. The van der Waals surface area contributed by atoms with Gasteiger partial charge in [0.2, 0.25) is 6.41 Å². The van der Waals surface area contributed by atoms with Crippen molar-refractivity contribution in [2.24, 2.45) is 5.73 Å². The van der Waals surface area contributed by atoms with Crippen LogP contribution in [-0.4, -0.2) is 49.2 Å². The Morgan fingerprint density at radius 2 is 1.86 bits per heavy atom. The first kappa shape index (κ1) is 26.2. The number of anilines is 2. The zero-order chi connectivity index (χ0) is 25.5. The van der Waals surface area contributed by atoms with Gasteiger partial charge in [-0.25, -0.2) is 14.4 Å². The lowest BCUT2D eigenvalue weighted by Gasteiger charge is -2.29. The fourth-order valence-electron chi connectivity index (χ4n) is 3.98. The molecule has 190 valence electrons. The quantitative estimate of drug-likeness (QED) is 0.412. The van der Waals surface area contributed by atoms with Crippen LogP contribution in [0.25, 0.3) is 11.4 Å². The summed E-state index contributed by atoms with van der Waals surface area (Å²) in [4.78, 5) is 21.8. The zero-order valence-electron chi connectivity index (χ0n) is 20.0. The van der Waals surface area contributed by atoms with E-state index in [0.717, 1.165) is 66.0 Å². The number of nitrogens with zero attached hydrogens (tertiary/aromatic N) is 3. The molecule has 1 aromatic heterocycles. The van der Waals surface area contributed by atoms with E-state index in [9.17, 15) is 4.39 Å². The number of carbonyl (C=O) groups is 1. The summed E-state index contributed by atoms with van der Waals surface area (Å²) in [5.41, 5.74) is 7.24. The number of amides is 1. The summed E-state index contributed by atoms with van der Waals surface area (Å²) in [5, 5.41) is 3.47. The molecule has 7 nitrogen and oxygen atoms in total. The van der Waals surface area contributed by atoms with Crippen molar-refractivity contribution in [2.75, 3.05) is 43.1 Å². The second kappa shape index (κ2) is 11.9. The van der Waals surface area contributed by atoms with Crippen molar-refractivity contribution in [3.63, 3.8) is 0 Å². The molecular formula is C26H29ClFN5O2S. The van der Waals surface area contributed by atoms with Gasteiger partial charge in [0.1, 0.15) is 11.6 Å². The molecule has 0 unspecified atom stereocenters. The van der Waals surface area contributed by atoms with Crippen molar-refractivity contribution in [1.29, 1.82) is 0 Å². The van der Waals surface area contributed by atoms with Crippen LogP contribution >= 0.6 is 23.4 Å². The maximum atomic E-state index is 13.7. The van der Waals surface area contributed by atoms with Crippen molar-refractivity contribution in [1.82, 2.24) is 9.97 Å². The number of morpholine rings is 1. The molecule has 1 aliphatic heterocycles. The Labute approximate surface area is 219 Å². The van der Waals surface area contributed by atoms with E-state index in [0.29, 0.717) is 13.2 Å². The number of benzene rings is 2. The van der Waals surface area contributed by atoms with Crippen molar-refractivity contribution in [2.45, 2.75) is 29.4 Å². The molecule has 1 amide bonds. The number of carbonyl (C=O) groups excluding carboxylic acids is 1. The SMILES string of the molecule is CCNc1ccc(-c2nc(N3CCOCC3)cc(C3(Sc4ccc(F)c(Cl)c4)CC3)n2)cc1.NC=O. The van der Waals surface area contributed by atoms with Crippen LogP contribution in [0.4, 0.5) is 15.9 Å². The number of hydrogen-bond acceptors (Lipinski definition) is 7. The van der Waals surface area contributed by atoms with Crippen LogP contribution in [0.3, 0.4) is 0 Å². The number of nitrogens with one attached hydrogen (secondary N) is 1. The molecule has 2 heterocycles. The highest BCUT2D eigenvalue weighted by Crippen LogP contribution is 2.59. The fraction of sp³-hybridized carbons (Fsp3) is 0.346. The predicted octanol–water partition coefficient (Wildman–Crippen LogP) is 5.09. The number of ether oxygens (including phenoxy) is 1. The number of nitrogens with two attached hydrogens (primary N) is 1. The third-order valence-electron chi connectivity index (χ3n) is 5.95. The standard InChI is InChI=1S/C25H26ClFN4OS.CH3NO/c1-2-28-18-5-3-17(4-6-18)24-29-22(16-23(30-24)31-11-13-32-14-12-31)25(9-10-25)33-19-7-8-21(27)20(26)15-19;2-1-3/h3-8,15-16,28H,2,9-14H2,1H3;1H,(H2,2,3). The summed E-state index contributed by atoms with van der Waals surface area (Å²) in [7, 11) is 0. The molecule has 5 rings (SSSR count). The van der Waals surface area contributed by atoms with Gasteiger partial charge in [-0.15, -0.1) is 11.8 Å². The Hall–Kier alpha value is -2.88. The Morgan fingerprint density at radius 1 is 1.17 bits per heavy atom. The lowest BCUT2D eigenvalue weighted by Crippen LogP contribution is -2.37. The molecule has 3 N–H and O–H groups in total. The molecule has 10 heteroatoms. The molecule has 0 bridgehead atoms. The van der Waals surface area contributed by atoms with E-state index >= 15 is 0 Å². The number of primary amides is 1. The first-order valence-corrected chi connectivity index (χ1v) is 13.0. The summed E-state index contributed by atoms with van der Waals surface area (Å²) >= 11 is 7.75. The summed E-state index contributed by atoms with van der Waals surface area (Å²) in [5.74, 6) is 1.25. The van der Waals surface area contributed by atoms with E-state index in [2.05, 4.69) is 53.2 Å². The van der Waals surface area contributed by atoms with Crippen molar-refractivity contribution < 1.29 is 13.9 Å². The van der Waals surface area contributed by atoms with E-state index in [1.54, 1.807) is 23.9 Å². The van der Waals surface area contributed by atoms with Gasteiger partial charge in [0.05, 0.1) is 28.7 Å². The normalized spacial score (nSPS) is 16.0. The van der Waals surface area contributed by atoms with Gasteiger partial charge in [-0.3, -0.25) is 4.79 Å². The van der Waals surface area contributed by atoms with Crippen LogP contribution in [0.5, 0.6) is 0 Å². The number of thioether (sulfide) groups is 1. The van der Waals surface area contributed by atoms with Gasteiger partial charge in [-0.2, -0.15) is 0 Å². The molecule has 1 saturated heterocycles. The molecule has 3 aromatic rings. The van der Waals surface area contributed by atoms with E-state index in [4.69, 9.17) is 31.1 Å². The van der Waals surface area contributed by atoms with E-state index in [-0.39, 0.29) is 16.2 Å². The van der Waals surface area contributed by atoms with Gasteiger partial charge >= 0.3 is 0 Å². The highest BCUT2D eigenvalue weighted by Gasteiger charge is 2.47. The van der Waals surface area contributed by atoms with Crippen molar-refractivity contribution in [3.8, 4) is 11.4 Å². The number of halogens is 2. The molecule has 0 spiro atoms. The summed E-state index contributed by atoms with van der Waals surface area (Å²) in [6, 6.07) is 15.3. The monoisotopic (exact) mass is 529 g/mol. The van der Waals surface area contributed by atoms with Crippen LogP contribution in [0.15, 0.2) is 53.4 Å². The third kappa shape index (κ3) is 6.27. The van der Waals surface area contributed by atoms with Crippen LogP contribution in [0.1, 0.15) is 25.5 Å². The first-order chi connectivity index (χ1) is 17.5. The molecule has 0 radical (unpaired) electrons. The van der Waals surface area contributed by atoms with Gasteiger partial charge < -0.3 is 20.7 Å². The number of aromatic nitrogens is 2. The minimum absolute atomic E-state index is 0.147. The van der Waals surface area contributed by atoms with Crippen LogP contribution in [0, 0.1) is 5.82 Å². The lowest BCUT2D eigenvalue weighted by atomic mass is 10.1. The van der Waals surface area contributed by atoms with Crippen LogP contribution < -0.4 is 16.0 Å². The number of hydrogen-bond donors (Lipinski definition) is 2. The third-order valence-corrected chi connectivity index (χ3v) is 7.73. The molecule has 2 fully saturated rings. The Morgan fingerprint density at radius 3 is 2.47 bits per heavy atom. The molecule has 0 atom stereocenters. The number of rotatable bonds is 7. The largest absolute Gasteiger partial charge is 0.385 e. The Kier molecular flexibility index (Phi) is 8.66. The maximum absolute atomic E-state index is 13.7. The minimum Gasteiger partial charge on any atom is -0.385 e. The first-order valence-electron chi connectivity index (χ1n) is 11.8. The second-order valence-corrected chi connectivity index (χ2v) is 10.3. The second-order valence-electron chi connectivity index (χ2n) is 8.45. The summed E-state index contributed by atoms with van der Waals surface area (Å²) in [6.07, 6.45) is 2.26. The van der Waals surface area contributed by atoms with E-state index in [1.807, 2.05) is 0 Å². The molecule has 2 aliphatic rings. The Bertz CT molecular complexity index is 1190. The van der Waals surface area contributed by atoms with E-state index < -0.39 is 5.82 Å². The van der Waals surface area contributed by atoms with Gasteiger partial charge in [-0.1, -0.05) is 11.6 Å². The minimum atomic E-state index is -0.397. The zero-order valence-corrected chi connectivity index (χ0v) is 21.6. The van der Waals surface area contributed by atoms with Crippen molar-refractivity contribution >= 4 is 41.3 Å². The summed E-state index contributed by atoms with van der Waals surface area (Å²) < 4.78 is 19.1. The molecule has 2 aromatic carbocycles. The van der Waals surface area contributed by atoms with Crippen LogP contribution in [-0.2, 0) is 14.3 Å². The highest BCUT2D eigenvalue weighted by atomic mass is 35.5. The topological polar surface area (TPSA) is 93.4 Å². The maximum Gasteiger partial charge on any atom is 0.204 e. The predicted molar refractivity (Wildman–Crippen MR) is 143 cm³/mol. The molecule has 36 heavy (non-hydrogen) atoms. The Balaban J connectivity index is 0.000000967. The van der Waals surface area contributed by atoms with Crippen molar-refractivity contribution in [3.05, 3.63) is 65.1 Å². The van der Waals surface area contributed by atoms with Gasteiger partial charge in [0, 0.05) is 41.8 Å². The van der Waals surface area contributed by atoms with Crippen LogP contribution in [0.2, 0.25) is 5.02 Å². The smallest absolute Gasteiger partial charge is 0.204 e. The average molecular weight is 530 g/mol. The molecular weight excluding hydrogens is 501 g/mol. The van der Waals surface area contributed by atoms with Gasteiger partial charge in [0.25, 0.3) is 0 Å². The average Bonchev–Trinajstić information content (AvgIpc) is 3.68.